The van der Waals surface area contributed by atoms with Crippen molar-refractivity contribution in [2.24, 2.45) is 0 Å². The maximum Gasteiger partial charge on any atom is 0.260 e. The van der Waals surface area contributed by atoms with E-state index < -0.39 is 16.1 Å². The van der Waals surface area contributed by atoms with E-state index in [0.717, 1.165) is 5.56 Å². The first-order valence-corrected chi connectivity index (χ1v) is 10.9. The molecule has 0 aromatic heterocycles. The standard InChI is InChI=1S/C21H28N2O5S/c1-15(2)19-7-5-6-8-20(19)28-16(3)21(24)22-13-14-23-29(25,26)18-11-9-17(27-4)10-12-18/h5-12,15-16,23H,13-14H2,1-4H3,(H,22,24). The molecule has 0 saturated carbocycles. The third-order valence-electron chi connectivity index (χ3n) is 4.30. The van der Waals surface area contributed by atoms with Crippen LogP contribution in [0.2, 0.25) is 0 Å². The van der Waals surface area contributed by atoms with Gasteiger partial charge in [0.05, 0.1) is 12.0 Å². The van der Waals surface area contributed by atoms with E-state index in [9.17, 15) is 13.2 Å². The van der Waals surface area contributed by atoms with Crippen LogP contribution < -0.4 is 19.5 Å². The van der Waals surface area contributed by atoms with Crippen LogP contribution in [-0.2, 0) is 14.8 Å². The number of carbonyl (C=O) groups is 1. The molecule has 158 valence electrons. The quantitative estimate of drug-likeness (QED) is 0.577. The molecule has 8 heteroatoms. The Labute approximate surface area is 172 Å². The van der Waals surface area contributed by atoms with Crippen LogP contribution in [0.5, 0.6) is 11.5 Å². The van der Waals surface area contributed by atoms with Gasteiger partial charge >= 0.3 is 0 Å². The number of benzene rings is 2. The predicted molar refractivity (Wildman–Crippen MR) is 112 cm³/mol. The van der Waals surface area contributed by atoms with Crippen molar-refractivity contribution in [3.05, 3.63) is 54.1 Å². The highest BCUT2D eigenvalue weighted by atomic mass is 32.2. The minimum absolute atomic E-state index is 0.0649. The molecule has 2 aromatic carbocycles. The minimum atomic E-state index is -3.66. The van der Waals surface area contributed by atoms with E-state index in [1.165, 1.54) is 19.2 Å². The lowest BCUT2D eigenvalue weighted by molar-refractivity contribution is -0.127. The molecule has 0 radical (unpaired) electrons. The van der Waals surface area contributed by atoms with E-state index in [0.29, 0.717) is 11.5 Å². The summed E-state index contributed by atoms with van der Waals surface area (Å²) in [7, 11) is -2.14. The third kappa shape index (κ3) is 6.47. The SMILES string of the molecule is COc1ccc(S(=O)(=O)NCCNC(=O)C(C)Oc2ccccc2C(C)C)cc1. The van der Waals surface area contributed by atoms with Crippen molar-refractivity contribution in [3.8, 4) is 11.5 Å². The van der Waals surface area contributed by atoms with Gasteiger partial charge < -0.3 is 14.8 Å². The number of para-hydroxylation sites is 1. The second kappa shape index (κ2) is 10.3. The Balaban J connectivity index is 1.83. The summed E-state index contributed by atoms with van der Waals surface area (Å²) < 4.78 is 37.8. The molecule has 0 spiro atoms. The van der Waals surface area contributed by atoms with Gasteiger partial charge in [0.15, 0.2) is 6.10 Å². The molecule has 0 aliphatic carbocycles. The fraction of sp³-hybridized carbons (Fsp3) is 0.381. The summed E-state index contributed by atoms with van der Waals surface area (Å²) in [6.45, 7) is 5.99. The molecule has 2 aromatic rings. The van der Waals surface area contributed by atoms with Gasteiger partial charge in [-0.1, -0.05) is 32.0 Å². The second-order valence-electron chi connectivity index (χ2n) is 6.82. The van der Waals surface area contributed by atoms with Gasteiger partial charge in [-0.25, -0.2) is 13.1 Å². The first-order chi connectivity index (χ1) is 13.7. The maximum atomic E-state index is 12.3. The lowest BCUT2D eigenvalue weighted by Crippen LogP contribution is -2.40. The topological polar surface area (TPSA) is 93.7 Å². The Morgan fingerprint density at radius 2 is 1.66 bits per heavy atom. The number of carbonyl (C=O) groups excluding carboxylic acids is 1. The summed E-state index contributed by atoms with van der Waals surface area (Å²) in [5, 5.41) is 2.68. The average molecular weight is 421 g/mol. The Bertz CT molecular complexity index is 911. The largest absolute Gasteiger partial charge is 0.497 e. The lowest BCUT2D eigenvalue weighted by Gasteiger charge is -2.18. The molecule has 0 saturated heterocycles. The average Bonchev–Trinajstić information content (AvgIpc) is 2.71. The molecule has 0 bridgehead atoms. The zero-order chi connectivity index (χ0) is 21.4. The number of ether oxygens (including phenoxy) is 2. The van der Waals surface area contributed by atoms with Crippen molar-refractivity contribution in [1.29, 1.82) is 0 Å². The number of hydrogen-bond acceptors (Lipinski definition) is 5. The van der Waals surface area contributed by atoms with Gasteiger partial charge in [-0.2, -0.15) is 0 Å². The number of nitrogens with one attached hydrogen (secondary N) is 2. The molecule has 7 nitrogen and oxygen atoms in total. The van der Waals surface area contributed by atoms with Gasteiger partial charge in [0.1, 0.15) is 11.5 Å². The first kappa shape index (κ1) is 22.7. The van der Waals surface area contributed by atoms with Crippen molar-refractivity contribution < 1.29 is 22.7 Å². The summed E-state index contributed by atoms with van der Waals surface area (Å²) in [5.74, 6) is 1.20. The number of amides is 1. The highest BCUT2D eigenvalue weighted by Crippen LogP contribution is 2.26. The molecule has 1 unspecified atom stereocenters. The molecule has 2 rings (SSSR count). The Morgan fingerprint density at radius 1 is 1.00 bits per heavy atom. The van der Waals surface area contributed by atoms with Gasteiger partial charge in [0.2, 0.25) is 10.0 Å². The fourth-order valence-electron chi connectivity index (χ4n) is 2.66. The third-order valence-corrected chi connectivity index (χ3v) is 5.78. The predicted octanol–water partition coefficient (Wildman–Crippen LogP) is 2.68. The lowest BCUT2D eigenvalue weighted by atomic mass is 10.0. The summed E-state index contributed by atoms with van der Waals surface area (Å²) in [6.07, 6.45) is -0.701. The number of sulfonamides is 1. The smallest absolute Gasteiger partial charge is 0.260 e. The minimum Gasteiger partial charge on any atom is -0.497 e. The molecule has 1 atom stereocenters. The summed E-state index contributed by atoms with van der Waals surface area (Å²) in [6, 6.07) is 13.7. The summed E-state index contributed by atoms with van der Waals surface area (Å²) >= 11 is 0. The van der Waals surface area contributed by atoms with Gasteiger partial charge in [-0.3, -0.25) is 4.79 Å². The molecule has 0 aliphatic heterocycles. The van der Waals surface area contributed by atoms with Gasteiger partial charge in [-0.15, -0.1) is 0 Å². The summed E-state index contributed by atoms with van der Waals surface area (Å²) in [5.41, 5.74) is 1.03. The van der Waals surface area contributed by atoms with Crippen molar-refractivity contribution in [2.75, 3.05) is 20.2 Å². The van der Waals surface area contributed by atoms with Crippen molar-refractivity contribution in [2.45, 2.75) is 37.7 Å². The first-order valence-electron chi connectivity index (χ1n) is 9.41. The monoisotopic (exact) mass is 420 g/mol. The van der Waals surface area contributed by atoms with Crippen molar-refractivity contribution >= 4 is 15.9 Å². The maximum absolute atomic E-state index is 12.3. The van der Waals surface area contributed by atoms with Crippen molar-refractivity contribution in [3.63, 3.8) is 0 Å². The number of hydrogen-bond donors (Lipinski definition) is 2. The van der Waals surface area contributed by atoms with Crippen LogP contribution in [0.15, 0.2) is 53.4 Å². The van der Waals surface area contributed by atoms with Crippen molar-refractivity contribution in [1.82, 2.24) is 10.0 Å². The van der Waals surface area contributed by atoms with Crippen LogP contribution >= 0.6 is 0 Å². The Kier molecular flexibility index (Phi) is 8.04. The molecule has 0 aliphatic rings. The molecule has 0 fully saturated rings. The van der Waals surface area contributed by atoms with E-state index in [1.54, 1.807) is 19.1 Å². The Morgan fingerprint density at radius 3 is 2.28 bits per heavy atom. The fourth-order valence-corrected chi connectivity index (χ4v) is 3.69. The molecular weight excluding hydrogens is 392 g/mol. The number of methoxy groups -OCH3 is 1. The van der Waals surface area contributed by atoms with E-state index in [-0.39, 0.29) is 29.8 Å². The molecule has 1 amide bonds. The zero-order valence-corrected chi connectivity index (χ0v) is 18.0. The zero-order valence-electron chi connectivity index (χ0n) is 17.1. The van der Waals surface area contributed by atoms with Crippen LogP contribution in [0.3, 0.4) is 0 Å². The highest BCUT2D eigenvalue weighted by molar-refractivity contribution is 7.89. The van der Waals surface area contributed by atoms with Gasteiger partial charge in [0, 0.05) is 13.1 Å². The van der Waals surface area contributed by atoms with E-state index in [1.807, 2.05) is 24.3 Å². The van der Waals surface area contributed by atoms with Crippen LogP contribution in [0.25, 0.3) is 0 Å². The Hall–Kier alpha value is -2.58. The van der Waals surface area contributed by atoms with E-state index >= 15 is 0 Å². The van der Waals surface area contributed by atoms with Crippen LogP contribution in [0, 0.1) is 0 Å². The molecule has 2 N–H and O–H groups in total. The highest BCUT2D eigenvalue weighted by Gasteiger charge is 2.18. The van der Waals surface area contributed by atoms with E-state index in [2.05, 4.69) is 23.9 Å². The van der Waals surface area contributed by atoms with Crippen LogP contribution in [0.4, 0.5) is 0 Å². The molecular formula is C21H28N2O5S. The molecule has 0 heterocycles. The van der Waals surface area contributed by atoms with E-state index in [4.69, 9.17) is 9.47 Å². The summed E-state index contributed by atoms with van der Waals surface area (Å²) in [4.78, 5) is 12.4. The normalized spacial score (nSPS) is 12.4. The van der Waals surface area contributed by atoms with Gasteiger partial charge in [-0.05, 0) is 48.7 Å². The van der Waals surface area contributed by atoms with Crippen LogP contribution in [-0.4, -0.2) is 40.6 Å². The van der Waals surface area contributed by atoms with Crippen LogP contribution in [0.1, 0.15) is 32.3 Å². The van der Waals surface area contributed by atoms with Gasteiger partial charge in [0.25, 0.3) is 5.91 Å². The second-order valence-corrected chi connectivity index (χ2v) is 8.58. The number of rotatable bonds is 10. The molecule has 29 heavy (non-hydrogen) atoms.